The molecule has 2 atom stereocenters. The molecule has 2 aliphatic heterocycles. The van der Waals surface area contributed by atoms with Gasteiger partial charge in [-0.15, -0.1) is 0 Å². The number of hydrogen-bond donors (Lipinski definition) is 0. The molecule has 0 saturated carbocycles. The molecular weight excluding hydrogens is 228 g/mol. The summed E-state index contributed by atoms with van der Waals surface area (Å²) in [6.45, 7) is 9.86. The van der Waals surface area contributed by atoms with E-state index in [1.165, 1.54) is 12.8 Å². The number of rotatable bonds is 4. The molecule has 104 valence electrons. The van der Waals surface area contributed by atoms with Crippen LogP contribution in [-0.4, -0.2) is 61.1 Å². The van der Waals surface area contributed by atoms with E-state index in [9.17, 15) is 4.79 Å². The van der Waals surface area contributed by atoms with Crippen LogP contribution in [0.3, 0.4) is 0 Å². The standard InChI is InChI=1S/C14H26N2O2/c1-3-12(2)14(17)16-8-6-15(7-9-16)11-13-5-4-10-18-13/h12-13H,3-11H2,1-2H3/t12-,13-/m1/s1. The van der Waals surface area contributed by atoms with Crippen LogP contribution in [0, 0.1) is 5.92 Å². The fourth-order valence-electron chi connectivity index (χ4n) is 2.71. The fraction of sp³-hybridized carbons (Fsp3) is 0.929. The molecule has 0 aromatic heterocycles. The predicted octanol–water partition coefficient (Wildman–Crippen LogP) is 1.36. The molecule has 18 heavy (non-hydrogen) atoms. The van der Waals surface area contributed by atoms with Crippen LogP contribution in [0.15, 0.2) is 0 Å². The van der Waals surface area contributed by atoms with Crippen molar-refractivity contribution in [3.8, 4) is 0 Å². The van der Waals surface area contributed by atoms with E-state index in [-0.39, 0.29) is 5.92 Å². The van der Waals surface area contributed by atoms with E-state index in [0.717, 1.165) is 45.8 Å². The van der Waals surface area contributed by atoms with Gasteiger partial charge in [-0.25, -0.2) is 0 Å². The minimum Gasteiger partial charge on any atom is -0.377 e. The monoisotopic (exact) mass is 254 g/mol. The van der Waals surface area contributed by atoms with Gasteiger partial charge < -0.3 is 9.64 Å². The van der Waals surface area contributed by atoms with E-state index in [1.54, 1.807) is 0 Å². The summed E-state index contributed by atoms with van der Waals surface area (Å²) >= 11 is 0. The number of hydrogen-bond acceptors (Lipinski definition) is 3. The second-order valence-electron chi connectivity index (χ2n) is 5.57. The highest BCUT2D eigenvalue weighted by Crippen LogP contribution is 2.15. The van der Waals surface area contributed by atoms with E-state index in [0.29, 0.717) is 12.0 Å². The first-order valence-electron chi connectivity index (χ1n) is 7.33. The molecule has 4 heteroatoms. The number of amides is 1. The molecule has 0 N–H and O–H groups in total. The van der Waals surface area contributed by atoms with Crippen LogP contribution in [0.5, 0.6) is 0 Å². The van der Waals surface area contributed by atoms with Gasteiger partial charge >= 0.3 is 0 Å². The SMILES string of the molecule is CC[C@@H](C)C(=O)N1CCN(C[C@H]2CCCO2)CC1. The van der Waals surface area contributed by atoms with Gasteiger partial charge in [0, 0.05) is 45.2 Å². The molecule has 0 aliphatic carbocycles. The Labute approximate surface area is 110 Å². The number of nitrogens with zero attached hydrogens (tertiary/aromatic N) is 2. The molecule has 0 radical (unpaired) electrons. The normalized spacial score (nSPS) is 27.4. The minimum absolute atomic E-state index is 0.176. The first kappa shape index (κ1) is 13.8. The molecule has 0 bridgehead atoms. The van der Waals surface area contributed by atoms with Crippen molar-refractivity contribution in [2.75, 3.05) is 39.3 Å². The highest BCUT2D eigenvalue weighted by molar-refractivity contribution is 5.78. The molecule has 1 amide bonds. The Bertz CT molecular complexity index is 269. The molecule has 2 rings (SSSR count). The Morgan fingerprint density at radius 1 is 1.33 bits per heavy atom. The second-order valence-corrected chi connectivity index (χ2v) is 5.57. The van der Waals surface area contributed by atoms with Gasteiger partial charge in [-0.3, -0.25) is 9.69 Å². The molecular formula is C14H26N2O2. The van der Waals surface area contributed by atoms with Crippen LogP contribution >= 0.6 is 0 Å². The van der Waals surface area contributed by atoms with Crippen molar-refractivity contribution in [1.29, 1.82) is 0 Å². The highest BCUT2D eigenvalue weighted by atomic mass is 16.5. The zero-order valence-electron chi connectivity index (χ0n) is 11.7. The van der Waals surface area contributed by atoms with Crippen molar-refractivity contribution in [2.24, 2.45) is 5.92 Å². The number of piperazine rings is 1. The first-order chi connectivity index (χ1) is 8.70. The maximum Gasteiger partial charge on any atom is 0.225 e. The summed E-state index contributed by atoms with van der Waals surface area (Å²) in [4.78, 5) is 16.5. The fourth-order valence-corrected chi connectivity index (χ4v) is 2.71. The van der Waals surface area contributed by atoms with E-state index in [2.05, 4.69) is 11.8 Å². The first-order valence-corrected chi connectivity index (χ1v) is 7.33. The molecule has 2 aliphatic rings. The minimum atomic E-state index is 0.176. The van der Waals surface area contributed by atoms with Crippen molar-refractivity contribution in [3.63, 3.8) is 0 Å². The largest absolute Gasteiger partial charge is 0.377 e. The van der Waals surface area contributed by atoms with Crippen molar-refractivity contribution >= 4 is 5.91 Å². The second kappa shape index (κ2) is 6.53. The third kappa shape index (κ3) is 3.45. The number of carbonyl (C=O) groups excluding carboxylic acids is 1. The summed E-state index contributed by atoms with van der Waals surface area (Å²) in [5.41, 5.74) is 0. The Morgan fingerprint density at radius 3 is 2.61 bits per heavy atom. The van der Waals surface area contributed by atoms with E-state index < -0.39 is 0 Å². The molecule has 2 saturated heterocycles. The molecule has 0 unspecified atom stereocenters. The van der Waals surface area contributed by atoms with Crippen LogP contribution < -0.4 is 0 Å². The van der Waals surface area contributed by atoms with Crippen molar-refractivity contribution in [3.05, 3.63) is 0 Å². The molecule has 2 heterocycles. The lowest BCUT2D eigenvalue weighted by atomic mass is 10.1. The van der Waals surface area contributed by atoms with Crippen molar-refractivity contribution < 1.29 is 9.53 Å². The summed E-state index contributed by atoms with van der Waals surface area (Å²) in [5.74, 6) is 0.504. The van der Waals surface area contributed by atoms with Crippen LogP contribution in [0.25, 0.3) is 0 Å². The smallest absolute Gasteiger partial charge is 0.225 e. The van der Waals surface area contributed by atoms with Crippen LogP contribution in [0.4, 0.5) is 0 Å². The third-order valence-corrected chi connectivity index (χ3v) is 4.20. The zero-order valence-corrected chi connectivity index (χ0v) is 11.7. The summed E-state index contributed by atoms with van der Waals surface area (Å²) < 4.78 is 5.66. The average Bonchev–Trinajstić information content (AvgIpc) is 2.91. The Hall–Kier alpha value is -0.610. The lowest BCUT2D eigenvalue weighted by Crippen LogP contribution is -2.51. The summed E-state index contributed by atoms with van der Waals surface area (Å²) in [6.07, 6.45) is 3.78. The van der Waals surface area contributed by atoms with E-state index >= 15 is 0 Å². The molecule has 2 fully saturated rings. The van der Waals surface area contributed by atoms with Gasteiger partial charge in [0.2, 0.25) is 5.91 Å². The zero-order chi connectivity index (χ0) is 13.0. The van der Waals surface area contributed by atoms with Gasteiger partial charge in [-0.2, -0.15) is 0 Å². The third-order valence-electron chi connectivity index (χ3n) is 4.20. The van der Waals surface area contributed by atoms with Crippen LogP contribution in [0.2, 0.25) is 0 Å². The quantitative estimate of drug-likeness (QED) is 0.759. The summed E-state index contributed by atoms with van der Waals surface area (Å²) in [7, 11) is 0. The van der Waals surface area contributed by atoms with Crippen molar-refractivity contribution in [1.82, 2.24) is 9.80 Å². The molecule has 0 aromatic carbocycles. The Morgan fingerprint density at radius 2 is 2.06 bits per heavy atom. The molecule has 4 nitrogen and oxygen atoms in total. The van der Waals surface area contributed by atoms with Crippen molar-refractivity contribution in [2.45, 2.75) is 39.2 Å². The van der Waals surface area contributed by atoms with Gasteiger partial charge in [-0.05, 0) is 19.3 Å². The average molecular weight is 254 g/mol. The van der Waals surface area contributed by atoms with Crippen LogP contribution in [0.1, 0.15) is 33.1 Å². The number of ether oxygens (including phenoxy) is 1. The van der Waals surface area contributed by atoms with Gasteiger partial charge in [-0.1, -0.05) is 13.8 Å². The highest BCUT2D eigenvalue weighted by Gasteiger charge is 2.26. The maximum atomic E-state index is 12.1. The molecule has 0 spiro atoms. The van der Waals surface area contributed by atoms with E-state index in [4.69, 9.17) is 4.74 Å². The Kier molecular flexibility index (Phi) is 5.01. The van der Waals surface area contributed by atoms with Gasteiger partial charge in [0.1, 0.15) is 0 Å². The summed E-state index contributed by atoms with van der Waals surface area (Å²) in [6, 6.07) is 0. The van der Waals surface area contributed by atoms with Crippen LogP contribution in [-0.2, 0) is 9.53 Å². The lowest BCUT2D eigenvalue weighted by Gasteiger charge is -2.36. The topological polar surface area (TPSA) is 32.8 Å². The Balaban J connectivity index is 1.72. The lowest BCUT2D eigenvalue weighted by molar-refractivity contribution is -0.137. The predicted molar refractivity (Wildman–Crippen MR) is 71.4 cm³/mol. The summed E-state index contributed by atoms with van der Waals surface area (Å²) in [5, 5.41) is 0. The van der Waals surface area contributed by atoms with Gasteiger partial charge in [0.15, 0.2) is 0 Å². The number of carbonyl (C=O) groups is 1. The van der Waals surface area contributed by atoms with Gasteiger partial charge in [0.05, 0.1) is 6.10 Å². The van der Waals surface area contributed by atoms with Gasteiger partial charge in [0.25, 0.3) is 0 Å². The molecule has 0 aromatic rings. The maximum absolute atomic E-state index is 12.1. The van der Waals surface area contributed by atoms with E-state index in [1.807, 2.05) is 11.8 Å².